The van der Waals surface area contributed by atoms with Gasteiger partial charge < -0.3 is 10.1 Å². The Balaban J connectivity index is 1.65. The normalized spacial score (nSPS) is 14.1. The summed E-state index contributed by atoms with van der Waals surface area (Å²) in [6.45, 7) is 5.96. The van der Waals surface area contributed by atoms with Crippen LogP contribution in [0.25, 0.3) is 10.2 Å². The highest BCUT2D eigenvalue weighted by Gasteiger charge is 2.24. The number of allylic oxidation sites excluding steroid dienone is 1. The van der Waals surface area contributed by atoms with Gasteiger partial charge in [-0.25, -0.2) is 4.98 Å². The van der Waals surface area contributed by atoms with Crippen molar-refractivity contribution in [1.82, 2.24) is 9.55 Å². The van der Waals surface area contributed by atoms with E-state index in [-0.39, 0.29) is 11.5 Å². The molecule has 31 heavy (non-hydrogen) atoms. The second kappa shape index (κ2) is 9.28. The Kier molecular flexibility index (Phi) is 6.48. The van der Waals surface area contributed by atoms with E-state index in [0.29, 0.717) is 23.1 Å². The number of fused-ring (bicyclic) bond motifs is 3. The Morgan fingerprint density at radius 1 is 1.39 bits per heavy atom. The molecule has 0 saturated heterocycles. The van der Waals surface area contributed by atoms with Crippen molar-refractivity contribution in [2.75, 3.05) is 12.4 Å². The second-order valence-corrected chi connectivity index (χ2v) is 9.83. The lowest BCUT2D eigenvalue weighted by atomic mass is 9.97. The number of para-hydroxylation sites is 2. The molecule has 162 valence electrons. The fourth-order valence-electron chi connectivity index (χ4n) is 3.79. The van der Waals surface area contributed by atoms with E-state index in [9.17, 15) is 9.59 Å². The van der Waals surface area contributed by atoms with Gasteiger partial charge in [-0.15, -0.1) is 17.9 Å². The minimum absolute atomic E-state index is 0.0378. The number of aromatic nitrogens is 2. The van der Waals surface area contributed by atoms with Gasteiger partial charge in [0.2, 0.25) is 5.91 Å². The molecule has 0 saturated carbocycles. The number of carbonyl (C=O) groups is 1. The number of thiophene rings is 1. The number of nitrogens with one attached hydrogen (secondary N) is 1. The molecule has 0 aliphatic heterocycles. The first-order chi connectivity index (χ1) is 15.0. The number of aryl methyl sites for hydroxylation is 2. The number of rotatable bonds is 7. The predicted molar refractivity (Wildman–Crippen MR) is 128 cm³/mol. The van der Waals surface area contributed by atoms with Crippen molar-refractivity contribution in [3.8, 4) is 5.75 Å². The fourth-order valence-corrected chi connectivity index (χ4v) is 6.01. The molecule has 1 atom stereocenters. The molecule has 0 spiro atoms. The fraction of sp³-hybridized carbons (Fsp3) is 0.348. The number of benzene rings is 1. The van der Waals surface area contributed by atoms with Crippen molar-refractivity contribution < 1.29 is 9.53 Å². The summed E-state index contributed by atoms with van der Waals surface area (Å²) in [5.74, 6) is 0.416. The van der Waals surface area contributed by atoms with Crippen LogP contribution in [0.2, 0.25) is 0 Å². The Labute approximate surface area is 189 Å². The first-order valence-corrected chi connectivity index (χ1v) is 12.0. The van der Waals surface area contributed by atoms with Crippen molar-refractivity contribution in [2.45, 2.75) is 49.6 Å². The van der Waals surface area contributed by atoms with Gasteiger partial charge in [0.25, 0.3) is 5.56 Å². The number of ether oxygens (including phenoxy) is 1. The quantitative estimate of drug-likeness (QED) is 0.319. The minimum Gasteiger partial charge on any atom is -0.495 e. The minimum atomic E-state index is -0.458. The standard InChI is InChI=1S/C23H25N3O3S2/c1-4-13-26-22(28)19-15-9-5-8-12-18(15)31-21(19)25-23(26)30-14(2)20(27)24-16-10-6-7-11-17(16)29-3/h4,6-7,10-11,14H,1,5,8-9,12-13H2,2-3H3,(H,24,27)/t14-/m1/s1. The molecule has 1 aliphatic rings. The average Bonchev–Trinajstić information content (AvgIpc) is 3.15. The topological polar surface area (TPSA) is 73.2 Å². The average molecular weight is 456 g/mol. The van der Waals surface area contributed by atoms with Gasteiger partial charge in [-0.05, 0) is 50.3 Å². The Bertz CT molecular complexity index is 1200. The molecular formula is C23H25N3O3S2. The number of anilines is 1. The SMILES string of the molecule is C=CCn1c(S[C@H](C)C(=O)Nc2ccccc2OC)nc2sc3c(c2c1=O)CCCC3. The number of hydrogen-bond donors (Lipinski definition) is 1. The lowest BCUT2D eigenvalue weighted by Gasteiger charge is -2.16. The number of hydrogen-bond acceptors (Lipinski definition) is 6. The largest absolute Gasteiger partial charge is 0.495 e. The van der Waals surface area contributed by atoms with Crippen molar-refractivity contribution in [1.29, 1.82) is 0 Å². The van der Waals surface area contributed by atoms with Crippen LogP contribution in [0.3, 0.4) is 0 Å². The molecule has 1 amide bonds. The molecule has 0 fully saturated rings. The van der Waals surface area contributed by atoms with E-state index >= 15 is 0 Å². The van der Waals surface area contributed by atoms with Gasteiger partial charge in [0.15, 0.2) is 5.16 Å². The van der Waals surface area contributed by atoms with E-state index < -0.39 is 5.25 Å². The molecule has 6 nitrogen and oxygen atoms in total. The van der Waals surface area contributed by atoms with Crippen LogP contribution >= 0.6 is 23.1 Å². The molecule has 3 aromatic rings. The summed E-state index contributed by atoms with van der Waals surface area (Å²) in [6.07, 6.45) is 5.90. The van der Waals surface area contributed by atoms with Gasteiger partial charge in [0.1, 0.15) is 10.6 Å². The maximum absolute atomic E-state index is 13.3. The third-order valence-electron chi connectivity index (χ3n) is 5.37. The van der Waals surface area contributed by atoms with Gasteiger partial charge in [0, 0.05) is 11.4 Å². The molecule has 4 rings (SSSR count). The molecule has 2 aromatic heterocycles. The molecule has 0 bridgehead atoms. The third-order valence-corrected chi connectivity index (χ3v) is 7.64. The Morgan fingerprint density at radius 2 is 2.16 bits per heavy atom. The van der Waals surface area contributed by atoms with Gasteiger partial charge in [-0.3, -0.25) is 14.2 Å². The summed E-state index contributed by atoms with van der Waals surface area (Å²) < 4.78 is 6.94. The summed E-state index contributed by atoms with van der Waals surface area (Å²) >= 11 is 2.90. The summed E-state index contributed by atoms with van der Waals surface area (Å²) in [5.41, 5.74) is 1.74. The number of thioether (sulfide) groups is 1. The predicted octanol–water partition coefficient (Wildman–Crippen LogP) is 4.65. The number of amides is 1. The molecule has 8 heteroatoms. The van der Waals surface area contributed by atoms with E-state index in [0.717, 1.165) is 35.9 Å². The number of methoxy groups -OCH3 is 1. The van der Waals surface area contributed by atoms with Crippen LogP contribution in [0.15, 0.2) is 46.9 Å². The lowest BCUT2D eigenvalue weighted by Crippen LogP contribution is -2.27. The first-order valence-electron chi connectivity index (χ1n) is 10.3. The molecule has 1 aliphatic carbocycles. The van der Waals surface area contributed by atoms with Crippen molar-refractivity contribution >= 4 is 44.9 Å². The molecule has 0 unspecified atom stereocenters. The van der Waals surface area contributed by atoms with Crippen LogP contribution in [0.5, 0.6) is 5.75 Å². The monoisotopic (exact) mass is 455 g/mol. The van der Waals surface area contributed by atoms with Crippen LogP contribution in [-0.4, -0.2) is 27.8 Å². The molecular weight excluding hydrogens is 430 g/mol. The van der Waals surface area contributed by atoms with E-state index in [1.807, 2.05) is 19.1 Å². The number of carbonyl (C=O) groups excluding carboxylic acids is 1. The van der Waals surface area contributed by atoms with Gasteiger partial charge in [-0.2, -0.15) is 0 Å². The van der Waals surface area contributed by atoms with E-state index in [1.54, 1.807) is 41.2 Å². The maximum atomic E-state index is 13.3. The van der Waals surface area contributed by atoms with Gasteiger partial charge >= 0.3 is 0 Å². The zero-order valence-corrected chi connectivity index (χ0v) is 19.3. The van der Waals surface area contributed by atoms with Crippen LogP contribution < -0.4 is 15.6 Å². The molecule has 0 radical (unpaired) electrons. The smallest absolute Gasteiger partial charge is 0.263 e. The lowest BCUT2D eigenvalue weighted by molar-refractivity contribution is -0.115. The van der Waals surface area contributed by atoms with Crippen LogP contribution in [0.4, 0.5) is 5.69 Å². The molecule has 2 heterocycles. The highest BCUT2D eigenvalue weighted by atomic mass is 32.2. The Morgan fingerprint density at radius 3 is 2.94 bits per heavy atom. The number of nitrogens with zero attached hydrogens (tertiary/aromatic N) is 2. The van der Waals surface area contributed by atoms with E-state index in [2.05, 4.69) is 11.9 Å². The summed E-state index contributed by atoms with van der Waals surface area (Å²) in [6, 6.07) is 7.28. The molecule has 1 aromatic carbocycles. The van der Waals surface area contributed by atoms with Crippen LogP contribution in [0, 0.1) is 0 Å². The highest BCUT2D eigenvalue weighted by molar-refractivity contribution is 8.00. The van der Waals surface area contributed by atoms with Crippen LogP contribution in [-0.2, 0) is 24.2 Å². The van der Waals surface area contributed by atoms with Crippen molar-refractivity contribution in [2.24, 2.45) is 0 Å². The second-order valence-electron chi connectivity index (χ2n) is 7.44. The summed E-state index contributed by atoms with van der Waals surface area (Å²) in [7, 11) is 1.57. The van der Waals surface area contributed by atoms with Crippen LogP contribution in [0.1, 0.15) is 30.2 Å². The van der Waals surface area contributed by atoms with Crippen molar-refractivity contribution in [3.63, 3.8) is 0 Å². The van der Waals surface area contributed by atoms with Crippen molar-refractivity contribution in [3.05, 3.63) is 57.7 Å². The zero-order valence-electron chi connectivity index (χ0n) is 17.6. The summed E-state index contributed by atoms with van der Waals surface area (Å²) in [4.78, 5) is 33.1. The highest BCUT2D eigenvalue weighted by Crippen LogP contribution is 2.35. The van der Waals surface area contributed by atoms with E-state index in [1.165, 1.54) is 22.2 Å². The zero-order chi connectivity index (χ0) is 22.0. The summed E-state index contributed by atoms with van der Waals surface area (Å²) in [5, 5.41) is 3.74. The Hall–Kier alpha value is -2.58. The molecule has 1 N–H and O–H groups in total. The first kappa shape index (κ1) is 21.6. The van der Waals surface area contributed by atoms with Gasteiger partial charge in [-0.1, -0.05) is 30.0 Å². The van der Waals surface area contributed by atoms with Gasteiger partial charge in [0.05, 0.1) is 23.4 Å². The third kappa shape index (κ3) is 4.27. The van der Waals surface area contributed by atoms with E-state index in [4.69, 9.17) is 9.72 Å². The maximum Gasteiger partial charge on any atom is 0.263 e.